The molecule has 1 aliphatic heterocycles. The van der Waals surface area contributed by atoms with E-state index in [1.165, 1.54) is 12.8 Å². The molecular weight excluding hydrogens is 228 g/mol. The first-order valence-electron chi connectivity index (χ1n) is 6.55. The van der Waals surface area contributed by atoms with Gasteiger partial charge in [0.1, 0.15) is 12.4 Å². The van der Waals surface area contributed by atoms with E-state index in [0.717, 1.165) is 23.5 Å². The first kappa shape index (κ1) is 11.5. The van der Waals surface area contributed by atoms with Crippen molar-refractivity contribution in [3.63, 3.8) is 0 Å². The number of hydrogen-bond donors (Lipinski definition) is 2. The van der Waals surface area contributed by atoms with E-state index in [0.29, 0.717) is 12.6 Å². The molecule has 0 saturated heterocycles. The molecular formula is C14H18N2O2. The van der Waals surface area contributed by atoms with Crippen LogP contribution in [0.3, 0.4) is 0 Å². The van der Waals surface area contributed by atoms with Crippen LogP contribution in [0, 0.1) is 0 Å². The molecule has 1 aromatic rings. The Morgan fingerprint density at radius 1 is 1.50 bits per heavy atom. The fourth-order valence-corrected chi connectivity index (χ4v) is 2.22. The van der Waals surface area contributed by atoms with Crippen molar-refractivity contribution in [1.29, 1.82) is 0 Å². The van der Waals surface area contributed by atoms with Gasteiger partial charge in [0.05, 0.1) is 11.7 Å². The predicted molar refractivity (Wildman–Crippen MR) is 70.4 cm³/mol. The van der Waals surface area contributed by atoms with Crippen LogP contribution >= 0.6 is 0 Å². The van der Waals surface area contributed by atoms with Gasteiger partial charge in [-0.1, -0.05) is 0 Å². The topological polar surface area (TPSA) is 50.4 Å². The molecule has 18 heavy (non-hydrogen) atoms. The molecule has 4 heteroatoms. The summed E-state index contributed by atoms with van der Waals surface area (Å²) in [6, 6.07) is 6.04. The van der Waals surface area contributed by atoms with Crippen LogP contribution in [0.15, 0.2) is 18.2 Å². The van der Waals surface area contributed by atoms with Crippen molar-refractivity contribution in [2.45, 2.75) is 31.8 Å². The third-order valence-corrected chi connectivity index (χ3v) is 3.40. The summed E-state index contributed by atoms with van der Waals surface area (Å²) in [4.78, 5) is 12.3. The average molecular weight is 246 g/mol. The van der Waals surface area contributed by atoms with Gasteiger partial charge < -0.3 is 15.4 Å². The minimum Gasteiger partial charge on any atom is -0.490 e. The van der Waals surface area contributed by atoms with Crippen molar-refractivity contribution >= 4 is 11.5 Å². The van der Waals surface area contributed by atoms with Crippen molar-refractivity contribution in [1.82, 2.24) is 5.32 Å². The second kappa shape index (κ2) is 4.61. The molecule has 1 fully saturated rings. The molecule has 0 amide bonds. The van der Waals surface area contributed by atoms with Crippen molar-refractivity contribution in [2.24, 2.45) is 0 Å². The highest BCUT2D eigenvalue weighted by molar-refractivity contribution is 6.01. The van der Waals surface area contributed by atoms with Gasteiger partial charge in [-0.3, -0.25) is 4.79 Å². The van der Waals surface area contributed by atoms with Crippen LogP contribution < -0.4 is 15.4 Å². The SMILES string of the molecule is CC(NC1CC1)C(=O)c1ccc2c(c1)NCCO2. The van der Waals surface area contributed by atoms with Crippen LogP contribution in [-0.2, 0) is 0 Å². The average Bonchev–Trinajstić information content (AvgIpc) is 3.21. The third kappa shape index (κ3) is 2.34. The van der Waals surface area contributed by atoms with Gasteiger partial charge in [0, 0.05) is 18.2 Å². The number of hydrogen-bond acceptors (Lipinski definition) is 4. The van der Waals surface area contributed by atoms with Gasteiger partial charge in [-0.2, -0.15) is 0 Å². The number of rotatable bonds is 4. The first-order valence-corrected chi connectivity index (χ1v) is 6.55. The lowest BCUT2D eigenvalue weighted by Crippen LogP contribution is -2.35. The molecule has 1 atom stereocenters. The summed E-state index contributed by atoms with van der Waals surface area (Å²) in [5.74, 6) is 0.984. The minimum atomic E-state index is -0.111. The lowest BCUT2D eigenvalue weighted by Gasteiger charge is -2.20. The molecule has 2 aliphatic rings. The number of carbonyl (C=O) groups is 1. The smallest absolute Gasteiger partial charge is 0.179 e. The van der Waals surface area contributed by atoms with Gasteiger partial charge >= 0.3 is 0 Å². The Morgan fingerprint density at radius 2 is 2.33 bits per heavy atom. The summed E-state index contributed by atoms with van der Waals surface area (Å²) >= 11 is 0. The summed E-state index contributed by atoms with van der Waals surface area (Å²) in [5, 5.41) is 6.58. The largest absolute Gasteiger partial charge is 0.490 e. The maximum absolute atomic E-state index is 12.3. The highest BCUT2D eigenvalue weighted by atomic mass is 16.5. The number of ketones is 1. The van der Waals surface area contributed by atoms with Crippen molar-refractivity contribution in [3.05, 3.63) is 23.8 Å². The highest BCUT2D eigenvalue weighted by Gasteiger charge is 2.26. The van der Waals surface area contributed by atoms with Gasteiger partial charge in [0.15, 0.2) is 5.78 Å². The summed E-state index contributed by atoms with van der Waals surface area (Å²) in [7, 11) is 0. The third-order valence-electron chi connectivity index (χ3n) is 3.40. The Hall–Kier alpha value is -1.55. The van der Waals surface area contributed by atoms with Gasteiger partial charge in [0.2, 0.25) is 0 Å². The lowest BCUT2D eigenvalue weighted by molar-refractivity contribution is 0.0950. The minimum absolute atomic E-state index is 0.111. The summed E-state index contributed by atoms with van der Waals surface area (Å²) < 4.78 is 5.50. The number of anilines is 1. The quantitative estimate of drug-likeness (QED) is 0.796. The predicted octanol–water partition coefficient (Wildman–Crippen LogP) is 1.81. The fourth-order valence-electron chi connectivity index (χ4n) is 2.22. The zero-order chi connectivity index (χ0) is 12.5. The highest BCUT2D eigenvalue weighted by Crippen LogP contribution is 2.28. The second-order valence-corrected chi connectivity index (χ2v) is 5.01. The van der Waals surface area contributed by atoms with Crippen molar-refractivity contribution in [3.8, 4) is 5.75 Å². The van der Waals surface area contributed by atoms with Crippen LogP contribution in [0.1, 0.15) is 30.1 Å². The number of nitrogens with one attached hydrogen (secondary N) is 2. The molecule has 4 nitrogen and oxygen atoms in total. The molecule has 0 radical (unpaired) electrons. The Labute approximate surface area is 107 Å². The molecule has 1 saturated carbocycles. The summed E-state index contributed by atoms with van der Waals surface area (Å²) in [5.41, 5.74) is 1.66. The Kier molecular flexibility index (Phi) is 2.96. The van der Waals surface area contributed by atoms with Crippen LogP contribution in [0.25, 0.3) is 0 Å². The standard InChI is InChI=1S/C14H18N2O2/c1-9(16-11-3-4-11)14(17)10-2-5-13-12(8-10)15-6-7-18-13/h2,5,8-9,11,15-16H,3-4,6-7H2,1H3. The van der Waals surface area contributed by atoms with Crippen LogP contribution in [0.2, 0.25) is 0 Å². The van der Waals surface area contributed by atoms with Gasteiger partial charge in [0.25, 0.3) is 0 Å². The molecule has 1 unspecified atom stereocenters. The molecule has 0 bridgehead atoms. The van der Waals surface area contributed by atoms with Crippen molar-refractivity contribution in [2.75, 3.05) is 18.5 Å². The zero-order valence-corrected chi connectivity index (χ0v) is 10.5. The number of carbonyl (C=O) groups excluding carboxylic acids is 1. The molecule has 0 aromatic heterocycles. The Balaban J connectivity index is 1.76. The number of Topliss-reactive ketones (excluding diaryl/α,β-unsaturated/α-hetero) is 1. The van der Waals surface area contributed by atoms with E-state index in [1.54, 1.807) is 0 Å². The van der Waals surface area contributed by atoms with Crippen molar-refractivity contribution < 1.29 is 9.53 Å². The van der Waals surface area contributed by atoms with E-state index in [4.69, 9.17) is 4.74 Å². The number of fused-ring (bicyclic) bond motifs is 1. The molecule has 3 rings (SSSR count). The summed E-state index contributed by atoms with van der Waals surface area (Å²) in [6.07, 6.45) is 2.38. The maximum atomic E-state index is 12.3. The zero-order valence-electron chi connectivity index (χ0n) is 10.5. The van der Waals surface area contributed by atoms with Gasteiger partial charge in [-0.15, -0.1) is 0 Å². The van der Waals surface area contributed by atoms with E-state index in [2.05, 4.69) is 10.6 Å². The normalized spacial score (nSPS) is 19.4. The maximum Gasteiger partial charge on any atom is 0.179 e. The van der Waals surface area contributed by atoms with Gasteiger partial charge in [-0.05, 0) is 38.0 Å². The van der Waals surface area contributed by atoms with E-state index >= 15 is 0 Å². The lowest BCUT2D eigenvalue weighted by atomic mass is 10.0. The van der Waals surface area contributed by atoms with E-state index < -0.39 is 0 Å². The second-order valence-electron chi connectivity index (χ2n) is 5.01. The molecule has 96 valence electrons. The molecule has 1 heterocycles. The van der Waals surface area contributed by atoms with Crippen LogP contribution in [0.5, 0.6) is 5.75 Å². The van der Waals surface area contributed by atoms with E-state index in [9.17, 15) is 4.79 Å². The summed E-state index contributed by atoms with van der Waals surface area (Å²) in [6.45, 7) is 3.41. The molecule has 1 aromatic carbocycles. The van der Waals surface area contributed by atoms with Crippen LogP contribution in [-0.4, -0.2) is 31.0 Å². The Bertz CT molecular complexity index is 469. The Morgan fingerprint density at radius 3 is 3.11 bits per heavy atom. The van der Waals surface area contributed by atoms with Gasteiger partial charge in [-0.25, -0.2) is 0 Å². The monoisotopic (exact) mass is 246 g/mol. The number of benzene rings is 1. The van der Waals surface area contributed by atoms with Crippen LogP contribution in [0.4, 0.5) is 5.69 Å². The molecule has 2 N–H and O–H groups in total. The van der Waals surface area contributed by atoms with E-state index in [1.807, 2.05) is 25.1 Å². The number of ether oxygens (including phenoxy) is 1. The molecule has 0 spiro atoms. The van der Waals surface area contributed by atoms with E-state index in [-0.39, 0.29) is 11.8 Å². The first-order chi connectivity index (χ1) is 8.74. The molecule has 1 aliphatic carbocycles. The fraction of sp³-hybridized carbons (Fsp3) is 0.500.